The number of carboxylic acids is 1. The molecule has 0 saturated heterocycles. The van der Waals surface area contributed by atoms with E-state index in [0.29, 0.717) is 5.69 Å². The number of hydrogen-bond acceptors (Lipinski definition) is 6. The third-order valence-electron chi connectivity index (χ3n) is 3.20. The molecule has 0 saturated carbocycles. The van der Waals surface area contributed by atoms with Crippen molar-refractivity contribution in [2.45, 2.75) is 4.21 Å². The number of thiophene rings is 1. The van der Waals surface area contributed by atoms with Crippen LogP contribution in [0.4, 0.5) is 11.4 Å². The van der Waals surface area contributed by atoms with E-state index in [1.165, 1.54) is 29.8 Å². The van der Waals surface area contributed by atoms with E-state index >= 15 is 0 Å². The number of hydrogen-bond donors (Lipinski definition) is 3. The van der Waals surface area contributed by atoms with E-state index in [1.807, 2.05) is 0 Å². The van der Waals surface area contributed by atoms with Gasteiger partial charge in [0.2, 0.25) is 0 Å². The number of benzene rings is 1. The highest BCUT2D eigenvalue weighted by atomic mass is 32.2. The lowest BCUT2D eigenvalue weighted by Crippen LogP contribution is -2.13. The van der Waals surface area contributed by atoms with Crippen molar-refractivity contribution in [2.75, 3.05) is 10.0 Å². The minimum atomic E-state index is -3.94. The lowest BCUT2D eigenvalue weighted by Gasteiger charge is -2.09. The van der Waals surface area contributed by atoms with Gasteiger partial charge in [-0.2, -0.15) is 0 Å². The third kappa shape index (κ3) is 3.92. The van der Waals surface area contributed by atoms with E-state index in [9.17, 15) is 18.0 Å². The Labute approximate surface area is 152 Å². The zero-order valence-corrected chi connectivity index (χ0v) is 14.6. The molecule has 8 nitrogen and oxygen atoms in total. The van der Waals surface area contributed by atoms with Gasteiger partial charge in [0.15, 0.2) is 5.76 Å². The number of sulfonamides is 1. The Hall–Kier alpha value is -3.11. The lowest BCUT2D eigenvalue weighted by atomic mass is 10.3. The molecule has 0 atom stereocenters. The van der Waals surface area contributed by atoms with E-state index in [1.54, 1.807) is 18.2 Å². The molecule has 0 aliphatic carbocycles. The molecular formula is C16H12N2O6S2. The van der Waals surface area contributed by atoms with Crippen molar-refractivity contribution in [3.8, 4) is 0 Å². The fraction of sp³-hybridized carbons (Fsp3) is 0. The van der Waals surface area contributed by atoms with Crippen LogP contribution in [0.15, 0.2) is 62.7 Å². The van der Waals surface area contributed by atoms with Crippen LogP contribution < -0.4 is 10.0 Å². The molecule has 3 N–H and O–H groups in total. The van der Waals surface area contributed by atoms with Gasteiger partial charge in [-0.3, -0.25) is 9.52 Å². The Morgan fingerprint density at radius 3 is 2.50 bits per heavy atom. The summed E-state index contributed by atoms with van der Waals surface area (Å²) in [7, 11) is -3.94. The second kappa shape index (κ2) is 7.02. The van der Waals surface area contributed by atoms with Gasteiger partial charge in [-0.05, 0) is 36.4 Å². The molecule has 0 fully saturated rings. The molecule has 0 unspecified atom stereocenters. The molecule has 3 rings (SSSR count). The summed E-state index contributed by atoms with van der Waals surface area (Å²) >= 11 is 0.804. The minimum absolute atomic E-state index is 0.102. The fourth-order valence-corrected chi connectivity index (χ4v) is 4.24. The molecule has 26 heavy (non-hydrogen) atoms. The van der Waals surface area contributed by atoms with Gasteiger partial charge < -0.3 is 14.8 Å². The third-order valence-corrected chi connectivity index (χ3v) is 6.03. The van der Waals surface area contributed by atoms with Crippen molar-refractivity contribution in [2.24, 2.45) is 0 Å². The minimum Gasteiger partial charge on any atom is -0.478 e. The van der Waals surface area contributed by atoms with Crippen molar-refractivity contribution in [3.05, 3.63) is 65.4 Å². The predicted molar refractivity (Wildman–Crippen MR) is 95.2 cm³/mol. The normalized spacial score (nSPS) is 11.1. The molecule has 2 heterocycles. The van der Waals surface area contributed by atoms with Crippen LogP contribution in [0.1, 0.15) is 20.9 Å². The van der Waals surface area contributed by atoms with Crippen molar-refractivity contribution >= 4 is 44.6 Å². The van der Waals surface area contributed by atoms with Gasteiger partial charge in [0.25, 0.3) is 15.9 Å². The molecule has 0 spiro atoms. The summed E-state index contributed by atoms with van der Waals surface area (Å²) in [5.74, 6) is -1.56. The molecule has 0 bridgehead atoms. The van der Waals surface area contributed by atoms with Gasteiger partial charge in [0, 0.05) is 11.1 Å². The molecule has 10 heteroatoms. The molecule has 0 aliphatic rings. The van der Waals surface area contributed by atoms with Crippen LogP contribution in [-0.4, -0.2) is 25.4 Å². The first kappa shape index (κ1) is 17.7. The molecule has 2 aromatic heterocycles. The Morgan fingerprint density at radius 2 is 1.85 bits per heavy atom. The van der Waals surface area contributed by atoms with Crippen LogP contribution in [0.3, 0.4) is 0 Å². The maximum Gasteiger partial charge on any atom is 0.336 e. The average Bonchev–Trinajstić information content (AvgIpc) is 3.27. The van der Waals surface area contributed by atoms with Gasteiger partial charge in [0.05, 0.1) is 17.5 Å². The number of furan rings is 1. The summed E-state index contributed by atoms with van der Waals surface area (Å²) < 4.78 is 31.9. The number of amides is 1. The zero-order chi connectivity index (χ0) is 18.7. The van der Waals surface area contributed by atoms with Crippen molar-refractivity contribution in [1.29, 1.82) is 0 Å². The largest absolute Gasteiger partial charge is 0.478 e. The van der Waals surface area contributed by atoms with Crippen molar-refractivity contribution in [3.63, 3.8) is 0 Å². The SMILES string of the molecule is O=C(O)c1csc(S(=O)(=O)Nc2cccc(NC(=O)c3ccco3)c2)c1. The summed E-state index contributed by atoms with van der Waals surface area (Å²) in [5, 5.41) is 12.7. The van der Waals surface area contributed by atoms with Gasteiger partial charge >= 0.3 is 5.97 Å². The standard InChI is InChI=1S/C16H12N2O6S2/c19-15(13-5-2-6-24-13)17-11-3-1-4-12(8-11)18-26(22,23)14-7-10(9-25-14)16(20)21/h1-9,18H,(H,17,19)(H,20,21). The van der Waals surface area contributed by atoms with Gasteiger partial charge in [0.1, 0.15) is 4.21 Å². The smallest absolute Gasteiger partial charge is 0.336 e. The van der Waals surface area contributed by atoms with Crippen molar-refractivity contribution in [1.82, 2.24) is 0 Å². The lowest BCUT2D eigenvalue weighted by molar-refractivity contribution is 0.0697. The number of aromatic carboxylic acids is 1. The second-order valence-electron chi connectivity index (χ2n) is 5.08. The van der Waals surface area contributed by atoms with Gasteiger partial charge in [-0.1, -0.05) is 6.07 Å². The summed E-state index contributed by atoms with van der Waals surface area (Å²) in [6, 6.07) is 10.2. The zero-order valence-electron chi connectivity index (χ0n) is 13.0. The molecule has 0 radical (unpaired) electrons. The highest BCUT2D eigenvalue weighted by molar-refractivity contribution is 7.94. The first-order valence-corrected chi connectivity index (χ1v) is 9.51. The first-order chi connectivity index (χ1) is 12.3. The first-order valence-electron chi connectivity index (χ1n) is 7.15. The number of nitrogens with one attached hydrogen (secondary N) is 2. The summed E-state index contributed by atoms with van der Waals surface area (Å²) in [6.45, 7) is 0. The Balaban J connectivity index is 1.77. The molecule has 134 valence electrons. The highest BCUT2D eigenvalue weighted by Gasteiger charge is 2.19. The quantitative estimate of drug-likeness (QED) is 0.592. The molecule has 1 amide bonds. The van der Waals surface area contributed by atoms with Crippen molar-refractivity contribution < 1.29 is 27.5 Å². The van der Waals surface area contributed by atoms with E-state index in [-0.39, 0.29) is 21.2 Å². The molecule has 3 aromatic rings. The fourth-order valence-electron chi connectivity index (χ4n) is 2.04. The number of carboxylic acid groups (broad SMARTS) is 1. The summed E-state index contributed by atoms with van der Waals surface area (Å²) in [5.41, 5.74) is 0.478. The monoisotopic (exact) mass is 392 g/mol. The Kier molecular flexibility index (Phi) is 4.78. The maximum atomic E-state index is 12.4. The van der Waals surface area contributed by atoms with Crippen LogP contribution in [0.25, 0.3) is 0 Å². The predicted octanol–water partition coefficient (Wildman–Crippen LogP) is 3.09. The van der Waals surface area contributed by atoms with Crippen LogP contribution in [0, 0.1) is 0 Å². The Bertz CT molecular complexity index is 1050. The summed E-state index contributed by atoms with van der Waals surface area (Å²) in [6.07, 6.45) is 1.37. The number of carbonyl (C=O) groups is 2. The number of rotatable bonds is 6. The topological polar surface area (TPSA) is 126 Å². The van der Waals surface area contributed by atoms with Gasteiger partial charge in [-0.25, -0.2) is 13.2 Å². The van der Waals surface area contributed by atoms with E-state index < -0.39 is 21.9 Å². The second-order valence-corrected chi connectivity index (χ2v) is 7.90. The Morgan fingerprint density at radius 1 is 1.08 bits per heavy atom. The molecule has 0 aliphatic heterocycles. The maximum absolute atomic E-state index is 12.4. The molecule has 1 aromatic carbocycles. The number of anilines is 2. The van der Waals surface area contributed by atoms with Crippen LogP contribution in [-0.2, 0) is 10.0 Å². The van der Waals surface area contributed by atoms with E-state index in [2.05, 4.69) is 10.0 Å². The van der Waals surface area contributed by atoms with Crippen LogP contribution in [0.5, 0.6) is 0 Å². The summed E-state index contributed by atoms with van der Waals surface area (Å²) in [4.78, 5) is 22.9. The van der Waals surface area contributed by atoms with Crippen LogP contribution >= 0.6 is 11.3 Å². The van der Waals surface area contributed by atoms with Crippen LogP contribution in [0.2, 0.25) is 0 Å². The van der Waals surface area contributed by atoms with E-state index in [4.69, 9.17) is 9.52 Å². The highest BCUT2D eigenvalue weighted by Crippen LogP contribution is 2.24. The molecular weight excluding hydrogens is 380 g/mol. The number of carbonyl (C=O) groups excluding carboxylic acids is 1. The van der Waals surface area contributed by atoms with Gasteiger partial charge in [-0.15, -0.1) is 11.3 Å². The average molecular weight is 392 g/mol. The van der Waals surface area contributed by atoms with E-state index in [0.717, 1.165) is 17.4 Å².